The molecular formula is C15H19ClN2. The SMILES string of the molecule is CC(C)CCN(c1cccc(Cl)c1C#N)C1CC1. The van der Waals surface area contributed by atoms with Gasteiger partial charge in [-0.3, -0.25) is 0 Å². The van der Waals surface area contributed by atoms with E-state index >= 15 is 0 Å². The van der Waals surface area contributed by atoms with Crippen molar-refractivity contribution in [3.8, 4) is 6.07 Å². The quantitative estimate of drug-likeness (QED) is 0.794. The summed E-state index contributed by atoms with van der Waals surface area (Å²) in [5.41, 5.74) is 1.63. The molecular weight excluding hydrogens is 244 g/mol. The fraction of sp³-hybridized carbons (Fsp3) is 0.533. The highest BCUT2D eigenvalue weighted by Gasteiger charge is 2.30. The van der Waals surface area contributed by atoms with Crippen LogP contribution in [0.15, 0.2) is 18.2 Å². The van der Waals surface area contributed by atoms with Gasteiger partial charge in [-0.1, -0.05) is 31.5 Å². The van der Waals surface area contributed by atoms with Gasteiger partial charge in [-0.25, -0.2) is 0 Å². The van der Waals surface area contributed by atoms with Gasteiger partial charge < -0.3 is 4.90 Å². The van der Waals surface area contributed by atoms with Gasteiger partial charge in [0, 0.05) is 12.6 Å². The van der Waals surface area contributed by atoms with Gasteiger partial charge >= 0.3 is 0 Å². The molecule has 3 heteroatoms. The standard InChI is InChI=1S/C15H19ClN2/c1-11(2)8-9-18(12-6-7-12)15-5-3-4-14(16)13(15)10-17/h3-5,11-12H,6-9H2,1-2H3. The zero-order valence-electron chi connectivity index (χ0n) is 11.0. The molecule has 0 bridgehead atoms. The number of anilines is 1. The Hall–Kier alpha value is -1.20. The molecule has 0 radical (unpaired) electrons. The fourth-order valence-electron chi connectivity index (χ4n) is 2.15. The molecule has 1 aliphatic carbocycles. The first-order valence-corrected chi connectivity index (χ1v) is 6.96. The van der Waals surface area contributed by atoms with E-state index in [2.05, 4.69) is 24.8 Å². The number of hydrogen-bond donors (Lipinski definition) is 0. The second-order valence-corrected chi connectivity index (χ2v) is 5.76. The number of rotatable bonds is 5. The van der Waals surface area contributed by atoms with Gasteiger partial charge in [-0.05, 0) is 37.3 Å². The summed E-state index contributed by atoms with van der Waals surface area (Å²) in [6, 6.07) is 8.59. The van der Waals surface area contributed by atoms with E-state index in [4.69, 9.17) is 11.6 Å². The molecule has 2 rings (SSSR count). The summed E-state index contributed by atoms with van der Waals surface area (Å²) in [6.45, 7) is 5.47. The van der Waals surface area contributed by atoms with Gasteiger partial charge in [0.25, 0.3) is 0 Å². The minimum atomic E-state index is 0.560. The molecule has 2 nitrogen and oxygen atoms in total. The highest BCUT2D eigenvalue weighted by molar-refractivity contribution is 6.32. The van der Waals surface area contributed by atoms with Crippen LogP contribution in [-0.2, 0) is 0 Å². The summed E-state index contributed by atoms with van der Waals surface area (Å²) in [5, 5.41) is 9.83. The van der Waals surface area contributed by atoms with E-state index in [1.54, 1.807) is 6.07 Å². The predicted octanol–water partition coefficient (Wildman–Crippen LogP) is 4.23. The molecule has 0 heterocycles. The molecule has 96 valence electrons. The average molecular weight is 263 g/mol. The molecule has 1 aromatic carbocycles. The summed E-state index contributed by atoms with van der Waals surface area (Å²) >= 11 is 6.11. The largest absolute Gasteiger partial charge is 0.367 e. The Morgan fingerprint density at radius 3 is 2.72 bits per heavy atom. The lowest BCUT2D eigenvalue weighted by Gasteiger charge is -2.26. The van der Waals surface area contributed by atoms with E-state index in [0.717, 1.165) is 18.7 Å². The highest BCUT2D eigenvalue weighted by atomic mass is 35.5. The van der Waals surface area contributed by atoms with Crippen LogP contribution in [0.25, 0.3) is 0 Å². The Balaban J connectivity index is 2.25. The van der Waals surface area contributed by atoms with E-state index in [0.29, 0.717) is 22.5 Å². The zero-order chi connectivity index (χ0) is 13.1. The molecule has 0 unspecified atom stereocenters. The number of nitriles is 1. The maximum absolute atomic E-state index is 9.27. The van der Waals surface area contributed by atoms with Crippen molar-refractivity contribution in [2.24, 2.45) is 5.92 Å². The van der Waals surface area contributed by atoms with Gasteiger partial charge in [-0.2, -0.15) is 5.26 Å². The molecule has 0 amide bonds. The molecule has 0 aliphatic heterocycles. The molecule has 1 saturated carbocycles. The zero-order valence-corrected chi connectivity index (χ0v) is 11.7. The minimum absolute atomic E-state index is 0.560. The van der Waals surface area contributed by atoms with Gasteiger partial charge in [-0.15, -0.1) is 0 Å². The molecule has 0 spiro atoms. The van der Waals surface area contributed by atoms with Crippen LogP contribution in [0.3, 0.4) is 0 Å². The van der Waals surface area contributed by atoms with Crippen molar-refractivity contribution in [1.29, 1.82) is 5.26 Å². The number of nitrogens with zero attached hydrogens (tertiary/aromatic N) is 2. The third-order valence-electron chi connectivity index (χ3n) is 3.35. The van der Waals surface area contributed by atoms with Crippen LogP contribution in [0.1, 0.15) is 38.7 Å². The van der Waals surface area contributed by atoms with Gasteiger partial charge in [0.15, 0.2) is 0 Å². The van der Waals surface area contributed by atoms with Crippen molar-refractivity contribution in [2.75, 3.05) is 11.4 Å². The summed E-state index contributed by atoms with van der Waals surface area (Å²) < 4.78 is 0. The Bertz CT molecular complexity index is 458. The van der Waals surface area contributed by atoms with E-state index in [-0.39, 0.29) is 0 Å². The topological polar surface area (TPSA) is 27.0 Å². The molecule has 0 atom stereocenters. The van der Waals surface area contributed by atoms with Crippen LogP contribution in [0, 0.1) is 17.2 Å². The highest BCUT2D eigenvalue weighted by Crippen LogP contribution is 2.36. The van der Waals surface area contributed by atoms with E-state index < -0.39 is 0 Å². The van der Waals surface area contributed by atoms with Gasteiger partial charge in [0.2, 0.25) is 0 Å². The first-order valence-electron chi connectivity index (χ1n) is 6.58. The van der Waals surface area contributed by atoms with Crippen molar-refractivity contribution < 1.29 is 0 Å². The van der Waals surface area contributed by atoms with E-state index in [1.165, 1.54) is 12.8 Å². The summed E-state index contributed by atoms with van der Waals surface area (Å²) in [4.78, 5) is 2.37. The molecule has 0 aromatic heterocycles. The summed E-state index contributed by atoms with van der Waals surface area (Å²) in [7, 11) is 0. The lowest BCUT2D eigenvalue weighted by atomic mass is 10.1. The lowest BCUT2D eigenvalue weighted by Crippen LogP contribution is -2.28. The molecule has 0 N–H and O–H groups in total. The lowest BCUT2D eigenvalue weighted by molar-refractivity contribution is 0.570. The van der Waals surface area contributed by atoms with Gasteiger partial charge in [0.1, 0.15) is 6.07 Å². The molecule has 18 heavy (non-hydrogen) atoms. The molecule has 0 saturated heterocycles. The molecule has 1 aliphatic rings. The number of hydrogen-bond acceptors (Lipinski definition) is 2. The average Bonchev–Trinajstić information content (AvgIpc) is 3.13. The fourth-order valence-corrected chi connectivity index (χ4v) is 2.36. The van der Waals surface area contributed by atoms with E-state index in [1.807, 2.05) is 12.1 Å². The summed E-state index contributed by atoms with van der Waals surface area (Å²) in [6.07, 6.45) is 3.61. The minimum Gasteiger partial charge on any atom is -0.367 e. The number of benzene rings is 1. The molecule has 1 fully saturated rings. The van der Waals surface area contributed by atoms with Crippen LogP contribution in [-0.4, -0.2) is 12.6 Å². The maximum Gasteiger partial charge on any atom is 0.103 e. The third-order valence-corrected chi connectivity index (χ3v) is 3.66. The Labute approximate surface area is 114 Å². The van der Waals surface area contributed by atoms with Crippen LogP contribution in [0.2, 0.25) is 5.02 Å². The van der Waals surface area contributed by atoms with Crippen LogP contribution in [0.4, 0.5) is 5.69 Å². The van der Waals surface area contributed by atoms with Gasteiger partial charge in [0.05, 0.1) is 16.3 Å². The van der Waals surface area contributed by atoms with Crippen molar-refractivity contribution in [1.82, 2.24) is 0 Å². The normalized spacial score (nSPS) is 14.6. The third kappa shape index (κ3) is 2.97. The number of halogens is 1. The van der Waals surface area contributed by atoms with Crippen LogP contribution in [0.5, 0.6) is 0 Å². The van der Waals surface area contributed by atoms with Crippen molar-refractivity contribution in [2.45, 2.75) is 39.2 Å². The Kier molecular flexibility index (Phi) is 4.14. The van der Waals surface area contributed by atoms with Crippen molar-refractivity contribution in [3.05, 3.63) is 28.8 Å². The molecule has 1 aromatic rings. The predicted molar refractivity (Wildman–Crippen MR) is 76.0 cm³/mol. The first-order chi connectivity index (χ1) is 8.63. The van der Waals surface area contributed by atoms with E-state index in [9.17, 15) is 5.26 Å². The second kappa shape index (κ2) is 5.63. The maximum atomic E-state index is 9.27. The Morgan fingerprint density at radius 2 is 2.17 bits per heavy atom. The first kappa shape index (κ1) is 13.2. The smallest absolute Gasteiger partial charge is 0.103 e. The second-order valence-electron chi connectivity index (χ2n) is 5.35. The monoisotopic (exact) mass is 262 g/mol. The van der Waals surface area contributed by atoms with Crippen LogP contribution >= 0.6 is 11.6 Å². The summed E-state index contributed by atoms with van der Waals surface area (Å²) in [5.74, 6) is 0.677. The van der Waals surface area contributed by atoms with Crippen molar-refractivity contribution >= 4 is 17.3 Å². The van der Waals surface area contributed by atoms with Crippen LogP contribution < -0.4 is 4.90 Å². The Morgan fingerprint density at radius 1 is 1.44 bits per heavy atom. The van der Waals surface area contributed by atoms with Crippen molar-refractivity contribution in [3.63, 3.8) is 0 Å².